The van der Waals surface area contributed by atoms with Crippen LogP contribution in [0.1, 0.15) is 37.8 Å². The Bertz CT molecular complexity index is 1200. The minimum atomic E-state index is -4.32. The summed E-state index contributed by atoms with van der Waals surface area (Å²) >= 11 is 0. The maximum absolute atomic E-state index is 13.5. The second-order valence-corrected chi connectivity index (χ2v) is 8.35. The molecule has 33 heavy (non-hydrogen) atoms. The zero-order valence-electron chi connectivity index (χ0n) is 18.2. The van der Waals surface area contributed by atoms with Crippen LogP contribution in [0.3, 0.4) is 0 Å². The highest BCUT2D eigenvalue weighted by atomic mass is 19.4. The van der Waals surface area contributed by atoms with E-state index in [4.69, 9.17) is 5.26 Å². The summed E-state index contributed by atoms with van der Waals surface area (Å²) in [5.41, 5.74) is 1.31. The first kappa shape index (κ1) is 22.9. The lowest BCUT2D eigenvalue weighted by atomic mass is 10.0. The molecule has 0 spiro atoms. The summed E-state index contributed by atoms with van der Waals surface area (Å²) in [7, 11) is 0. The van der Waals surface area contributed by atoms with Crippen molar-refractivity contribution in [3.63, 3.8) is 0 Å². The van der Waals surface area contributed by atoms with Gasteiger partial charge in [0.05, 0.1) is 11.6 Å². The summed E-state index contributed by atoms with van der Waals surface area (Å²) in [6.45, 7) is 3.10. The minimum Gasteiger partial charge on any atom is -0.338 e. The maximum Gasteiger partial charge on any atom is 0.408 e. The molecule has 1 aliphatic heterocycles. The van der Waals surface area contributed by atoms with E-state index in [0.29, 0.717) is 35.9 Å². The number of alkyl halides is 3. The lowest BCUT2D eigenvalue weighted by Gasteiger charge is -2.39. The van der Waals surface area contributed by atoms with E-state index in [0.717, 1.165) is 31.3 Å². The van der Waals surface area contributed by atoms with Gasteiger partial charge in [-0.2, -0.15) is 23.5 Å². The molecule has 7 nitrogen and oxygen atoms in total. The fourth-order valence-corrected chi connectivity index (χ4v) is 4.00. The van der Waals surface area contributed by atoms with Gasteiger partial charge in [-0.1, -0.05) is 12.1 Å². The SMILES string of the molecule is CC#N.O=c1[nH]ccc2c1c(Nc1ccc(C(N3CCC3)C(F)(F)F)cc1)nn2CC1CC1. The molecule has 1 aromatic carbocycles. The number of nitrogens with zero attached hydrogens (tertiary/aromatic N) is 4. The molecule has 1 saturated carbocycles. The smallest absolute Gasteiger partial charge is 0.338 e. The average Bonchev–Trinajstić information content (AvgIpc) is 3.47. The molecule has 174 valence electrons. The summed E-state index contributed by atoms with van der Waals surface area (Å²) < 4.78 is 42.5. The lowest BCUT2D eigenvalue weighted by Crippen LogP contribution is -2.46. The molecule has 1 atom stereocenters. The molecule has 10 heteroatoms. The van der Waals surface area contributed by atoms with Crippen molar-refractivity contribution >= 4 is 22.4 Å². The molecular formula is C23H25F3N6O. The molecule has 1 saturated heterocycles. The summed E-state index contributed by atoms with van der Waals surface area (Å²) in [6, 6.07) is 8.19. The molecule has 1 unspecified atom stereocenters. The molecule has 0 radical (unpaired) electrons. The van der Waals surface area contributed by atoms with Gasteiger partial charge >= 0.3 is 6.18 Å². The van der Waals surface area contributed by atoms with E-state index < -0.39 is 12.2 Å². The van der Waals surface area contributed by atoms with Crippen molar-refractivity contribution in [3.05, 3.63) is 52.4 Å². The van der Waals surface area contributed by atoms with Crippen molar-refractivity contribution in [3.8, 4) is 6.07 Å². The number of rotatable bonds is 6. The standard InChI is InChI=1S/C21H22F3N5O.C2H3N/c22-21(23,24)18(28-10-1-11-28)14-4-6-15(7-5-14)26-19-17-16(8-9-25-20(17)30)29(27-19)12-13-2-3-13;1-2-3/h4-9,13,18H,1-3,10-12H2,(H,25,30)(H,26,27);1H3. The highest BCUT2D eigenvalue weighted by Crippen LogP contribution is 2.40. The van der Waals surface area contributed by atoms with Crippen LogP contribution >= 0.6 is 0 Å². The number of aromatic amines is 1. The Balaban J connectivity index is 0.000000821. The van der Waals surface area contributed by atoms with E-state index >= 15 is 0 Å². The summed E-state index contributed by atoms with van der Waals surface area (Å²) in [5.74, 6) is 0.996. The van der Waals surface area contributed by atoms with Crippen LogP contribution in [0.25, 0.3) is 10.9 Å². The minimum absolute atomic E-state index is 0.217. The molecule has 0 amide bonds. The van der Waals surface area contributed by atoms with Crippen molar-refractivity contribution in [1.82, 2.24) is 19.7 Å². The van der Waals surface area contributed by atoms with Gasteiger partial charge in [0, 0.05) is 38.4 Å². The molecule has 2 fully saturated rings. The monoisotopic (exact) mass is 458 g/mol. The highest BCUT2D eigenvalue weighted by Gasteiger charge is 2.46. The molecule has 3 aromatic rings. The van der Waals surface area contributed by atoms with Gasteiger partial charge in [-0.15, -0.1) is 0 Å². The second kappa shape index (κ2) is 9.27. The van der Waals surface area contributed by atoms with Crippen LogP contribution < -0.4 is 10.9 Å². The molecular weight excluding hydrogens is 433 g/mol. The third kappa shape index (κ3) is 5.03. The first-order chi connectivity index (χ1) is 15.8. The van der Waals surface area contributed by atoms with Crippen molar-refractivity contribution < 1.29 is 13.2 Å². The number of halogens is 3. The third-order valence-corrected chi connectivity index (χ3v) is 5.86. The quantitative estimate of drug-likeness (QED) is 0.558. The zero-order chi connectivity index (χ0) is 23.6. The Morgan fingerprint density at radius 3 is 2.45 bits per heavy atom. The van der Waals surface area contributed by atoms with Gasteiger partial charge in [-0.25, -0.2) is 0 Å². The predicted molar refractivity (Wildman–Crippen MR) is 119 cm³/mol. The van der Waals surface area contributed by atoms with Crippen molar-refractivity contribution in [1.29, 1.82) is 5.26 Å². The van der Waals surface area contributed by atoms with Crippen LogP contribution in [0.4, 0.5) is 24.7 Å². The van der Waals surface area contributed by atoms with Gasteiger partial charge in [-0.3, -0.25) is 14.4 Å². The number of aromatic nitrogens is 3. The van der Waals surface area contributed by atoms with Gasteiger partial charge in [-0.05, 0) is 48.9 Å². The number of fused-ring (bicyclic) bond motifs is 1. The number of anilines is 2. The number of nitrogens with one attached hydrogen (secondary N) is 2. The van der Waals surface area contributed by atoms with Crippen molar-refractivity contribution in [2.45, 2.75) is 44.9 Å². The number of pyridine rings is 1. The summed E-state index contributed by atoms with van der Waals surface area (Å²) in [6.07, 6.45) is 0.386. The Hall–Kier alpha value is -3.32. The van der Waals surface area contributed by atoms with E-state index in [-0.39, 0.29) is 11.1 Å². The topological polar surface area (TPSA) is 89.7 Å². The van der Waals surface area contributed by atoms with Gasteiger partial charge in [0.1, 0.15) is 11.4 Å². The van der Waals surface area contributed by atoms with Gasteiger partial charge in [0.25, 0.3) is 5.56 Å². The number of H-pyrrole nitrogens is 1. The van der Waals surface area contributed by atoms with Crippen molar-refractivity contribution in [2.24, 2.45) is 5.92 Å². The lowest BCUT2D eigenvalue weighted by molar-refractivity contribution is -0.195. The molecule has 2 N–H and O–H groups in total. The Morgan fingerprint density at radius 2 is 1.91 bits per heavy atom. The first-order valence-corrected chi connectivity index (χ1v) is 10.9. The highest BCUT2D eigenvalue weighted by molar-refractivity contribution is 5.91. The number of nitriles is 1. The Labute approximate surface area is 188 Å². The van der Waals surface area contributed by atoms with E-state index in [1.807, 2.05) is 10.7 Å². The summed E-state index contributed by atoms with van der Waals surface area (Å²) in [4.78, 5) is 16.5. The van der Waals surface area contributed by atoms with Gasteiger partial charge < -0.3 is 10.3 Å². The number of likely N-dealkylation sites (tertiary alicyclic amines) is 1. The number of hydrogen-bond donors (Lipinski definition) is 2. The summed E-state index contributed by atoms with van der Waals surface area (Å²) in [5, 5.41) is 15.5. The third-order valence-electron chi connectivity index (χ3n) is 5.86. The molecule has 1 aliphatic carbocycles. The largest absolute Gasteiger partial charge is 0.408 e. The Kier molecular flexibility index (Phi) is 6.42. The van der Waals surface area contributed by atoms with Gasteiger partial charge in [0.2, 0.25) is 0 Å². The van der Waals surface area contributed by atoms with E-state index in [9.17, 15) is 18.0 Å². The van der Waals surface area contributed by atoms with Crippen LogP contribution in [-0.4, -0.2) is 38.9 Å². The van der Waals surface area contributed by atoms with Crippen molar-refractivity contribution in [2.75, 3.05) is 18.4 Å². The maximum atomic E-state index is 13.5. The number of benzene rings is 1. The molecule has 5 rings (SSSR count). The molecule has 0 bridgehead atoms. The van der Waals surface area contributed by atoms with Crippen LogP contribution in [0.15, 0.2) is 41.3 Å². The van der Waals surface area contributed by atoms with E-state index in [1.165, 1.54) is 24.0 Å². The molecule has 3 heterocycles. The second-order valence-electron chi connectivity index (χ2n) is 8.35. The van der Waals surface area contributed by atoms with Crippen LogP contribution in [0.2, 0.25) is 0 Å². The molecule has 2 aliphatic rings. The van der Waals surface area contributed by atoms with Gasteiger partial charge in [0.15, 0.2) is 5.82 Å². The first-order valence-electron chi connectivity index (χ1n) is 10.9. The fourth-order valence-electron chi connectivity index (χ4n) is 4.00. The number of hydrogen-bond acceptors (Lipinski definition) is 5. The molecule has 2 aromatic heterocycles. The predicted octanol–water partition coefficient (Wildman–Crippen LogP) is 4.72. The van der Waals surface area contributed by atoms with Crippen LogP contribution in [0.5, 0.6) is 0 Å². The average molecular weight is 458 g/mol. The normalized spacial score (nSPS) is 16.9. The zero-order valence-corrected chi connectivity index (χ0v) is 18.2. The van der Waals surface area contributed by atoms with E-state index in [2.05, 4.69) is 15.4 Å². The van der Waals surface area contributed by atoms with Crippen LogP contribution in [-0.2, 0) is 6.54 Å². The van der Waals surface area contributed by atoms with E-state index in [1.54, 1.807) is 24.4 Å². The van der Waals surface area contributed by atoms with Crippen LogP contribution in [0, 0.1) is 17.2 Å². The fraction of sp³-hybridized carbons (Fsp3) is 0.435. The Morgan fingerprint density at radius 1 is 1.24 bits per heavy atom.